The summed E-state index contributed by atoms with van der Waals surface area (Å²) in [6.45, 7) is 0. The molecule has 0 aliphatic rings. The van der Waals surface area contributed by atoms with Crippen molar-refractivity contribution in [3.05, 3.63) is 78.4 Å². The van der Waals surface area contributed by atoms with E-state index in [0.717, 1.165) is 27.8 Å². The van der Waals surface area contributed by atoms with Gasteiger partial charge in [0, 0.05) is 22.7 Å². The molecule has 3 heteroatoms. The fourth-order valence-corrected chi connectivity index (χ4v) is 2.48. The molecule has 0 aromatic heterocycles. The largest absolute Gasteiger partial charge is 0.496 e. The number of carbonyl (C=O) groups excluding carboxylic acids is 1. The number of hydrogen-bond acceptors (Lipinski definition) is 2. The Morgan fingerprint density at radius 3 is 2.57 bits per heavy atom. The lowest BCUT2D eigenvalue weighted by molar-refractivity contribution is -0.111. The van der Waals surface area contributed by atoms with Crippen LogP contribution in [0.5, 0.6) is 5.75 Å². The van der Waals surface area contributed by atoms with Crippen molar-refractivity contribution in [2.24, 2.45) is 0 Å². The van der Waals surface area contributed by atoms with E-state index in [2.05, 4.69) is 5.32 Å². The highest BCUT2D eigenvalue weighted by Gasteiger charge is 2.03. The zero-order valence-corrected chi connectivity index (χ0v) is 12.8. The van der Waals surface area contributed by atoms with Gasteiger partial charge in [-0.1, -0.05) is 54.6 Å². The Balaban J connectivity index is 1.80. The number of anilines is 1. The van der Waals surface area contributed by atoms with Crippen LogP contribution in [0.3, 0.4) is 0 Å². The zero-order valence-electron chi connectivity index (χ0n) is 12.8. The summed E-state index contributed by atoms with van der Waals surface area (Å²) in [5, 5.41) is 5.04. The fourth-order valence-electron chi connectivity index (χ4n) is 2.48. The third kappa shape index (κ3) is 3.40. The first-order valence-electron chi connectivity index (χ1n) is 7.38. The predicted octanol–water partition coefficient (Wildman–Crippen LogP) is 4.50. The van der Waals surface area contributed by atoms with Gasteiger partial charge in [-0.15, -0.1) is 0 Å². The predicted molar refractivity (Wildman–Crippen MR) is 94.6 cm³/mol. The zero-order chi connectivity index (χ0) is 16.1. The molecule has 114 valence electrons. The smallest absolute Gasteiger partial charge is 0.248 e. The van der Waals surface area contributed by atoms with E-state index in [0.29, 0.717) is 0 Å². The van der Waals surface area contributed by atoms with Crippen LogP contribution in [-0.2, 0) is 4.79 Å². The topological polar surface area (TPSA) is 38.3 Å². The number of nitrogens with one attached hydrogen (secondary N) is 1. The number of para-hydroxylation sites is 1. The molecule has 3 aromatic carbocycles. The maximum atomic E-state index is 12.2. The summed E-state index contributed by atoms with van der Waals surface area (Å²) in [6, 6.07) is 21.4. The third-order valence-corrected chi connectivity index (χ3v) is 3.60. The molecular weight excluding hydrogens is 286 g/mol. The van der Waals surface area contributed by atoms with Gasteiger partial charge in [0.15, 0.2) is 0 Å². The second kappa shape index (κ2) is 6.79. The molecule has 3 aromatic rings. The van der Waals surface area contributed by atoms with Crippen molar-refractivity contribution in [1.29, 1.82) is 0 Å². The first-order chi connectivity index (χ1) is 11.3. The fraction of sp³-hybridized carbons (Fsp3) is 0.0500. The van der Waals surface area contributed by atoms with Gasteiger partial charge in [0.25, 0.3) is 0 Å². The molecular formula is C20H17NO2. The van der Waals surface area contributed by atoms with Crippen LogP contribution in [0.4, 0.5) is 5.69 Å². The Bertz CT molecular complexity index is 863. The van der Waals surface area contributed by atoms with Crippen molar-refractivity contribution >= 4 is 28.4 Å². The van der Waals surface area contributed by atoms with E-state index in [1.807, 2.05) is 66.7 Å². The van der Waals surface area contributed by atoms with Crippen molar-refractivity contribution in [1.82, 2.24) is 0 Å². The van der Waals surface area contributed by atoms with Crippen molar-refractivity contribution in [2.75, 3.05) is 12.4 Å². The van der Waals surface area contributed by atoms with Crippen LogP contribution >= 0.6 is 0 Å². The van der Waals surface area contributed by atoms with Crippen molar-refractivity contribution < 1.29 is 9.53 Å². The number of hydrogen-bond donors (Lipinski definition) is 1. The Morgan fingerprint density at radius 2 is 1.70 bits per heavy atom. The lowest BCUT2D eigenvalue weighted by Gasteiger charge is -2.07. The average molecular weight is 303 g/mol. The van der Waals surface area contributed by atoms with Crippen molar-refractivity contribution in [3.63, 3.8) is 0 Å². The molecule has 0 fully saturated rings. The van der Waals surface area contributed by atoms with Gasteiger partial charge in [0.2, 0.25) is 5.91 Å². The Kier molecular flexibility index (Phi) is 4.39. The number of methoxy groups -OCH3 is 1. The Morgan fingerprint density at radius 1 is 0.957 bits per heavy atom. The first kappa shape index (κ1) is 14.9. The second-order valence-electron chi connectivity index (χ2n) is 5.09. The SMILES string of the molecule is COc1ccccc1/C=C/C(=O)Nc1cccc2ccccc12. The minimum Gasteiger partial charge on any atom is -0.496 e. The molecule has 3 rings (SSSR count). The first-order valence-corrected chi connectivity index (χ1v) is 7.38. The number of fused-ring (bicyclic) bond motifs is 1. The van der Waals surface area contributed by atoms with Gasteiger partial charge in [-0.05, 0) is 23.6 Å². The van der Waals surface area contributed by atoms with Crippen LogP contribution in [0, 0.1) is 0 Å². The summed E-state index contributed by atoms with van der Waals surface area (Å²) < 4.78 is 5.27. The second-order valence-corrected chi connectivity index (χ2v) is 5.09. The molecule has 1 amide bonds. The summed E-state index contributed by atoms with van der Waals surface area (Å²) in [7, 11) is 1.61. The molecule has 0 spiro atoms. The normalized spacial score (nSPS) is 10.8. The summed E-state index contributed by atoms with van der Waals surface area (Å²) >= 11 is 0. The van der Waals surface area contributed by atoms with Crippen LogP contribution < -0.4 is 10.1 Å². The molecule has 0 radical (unpaired) electrons. The lowest BCUT2D eigenvalue weighted by Crippen LogP contribution is -2.08. The standard InChI is InChI=1S/C20H17NO2/c1-23-19-12-5-3-8-16(19)13-14-20(22)21-18-11-6-9-15-7-2-4-10-17(15)18/h2-14H,1H3,(H,21,22)/b14-13+. The number of carbonyl (C=O) groups is 1. The molecule has 1 N–H and O–H groups in total. The van der Waals surface area contributed by atoms with Gasteiger partial charge in [-0.2, -0.15) is 0 Å². The molecule has 0 saturated carbocycles. The van der Waals surface area contributed by atoms with Gasteiger partial charge in [-0.25, -0.2) is 0 Å². The molecule has 0 saturated heterocycles. The van der Waals surface area contributed by atoms with E-state index in [1.54, 1.807) is 13.2 Å². The number of amides is 1. The highest BCUT2D eigenvalue weighted by atomic mass is 16.5. The Hall–Kier alpha value is -3.07. The van der Waals surface area contributed by atoms with Crippen LogP contribution in [0.2, 0.25) is 0 Å². The molecule has 3 nitrogen and oxygen atoms in total. The number of rotatable bonds is 4. The molecule has 0 heterocycles. The molecule has 0 bridgehead atoms. The molecule has 0 aliphatic carbocycles. The molecule has 0 unspecified atom stereocenters. The third-order valence-electron chi connectivity index (χ3n) is 3.60. The quantitative estimate of drug-likeness (QED) is 0.721. The van der Waals surface area contributed by atoms with Gasteiger partial charge in [0.05, 0.1) is 7.11 Å². The Labute approximate surface area is 135 Å². The molecule has 0 atom stereocenters. The van der Waals surface area contributed by atoms with E-state index >= 15 is 0 Å². The highest BCUT2D eigenvalue weighted by molar-refractivity contribution is 6.07. The minimum absolute atomic E-state index is 0.174. The van der Waals surface area contributed by atoms with Gasteiger partial charge < -0.3 is 10.1 Å². The highest BCUT2D eigenvalue weighted by Crippen LogP contribution is 2.23. The van der Waals surface area contributed by atoms with Gasteiger partial charge in [-0.3, -0.25) is 4.79 Å². The summed E-state index contributed by atoms with van der Waals surface area (Å²) in [6.07, 6.45) is 3.26. The van der Waals surface area contributed by atoms with E-state index in [1.165, 1.54) is 6.08 Å². The van der Waals surface area contributed by atoms with Crippen molar-refractivity contribution in [3.8, 4) is 5.75 Å². The van der Waals surface area contributed by atoms with E-state index in [4.69, 9.17) is 4.74 Å². The van der Waals surface area contributed by atoms with E-state index < -0.39 is 0 Å². The summed E-state index contributed by atoms with van der Waals surface area (Å²) in [4.78, 5) is 12.2. The van der Waals surface area contributed by atoms with Crippen LogP contribution in [-0.4, -0.2) is 13.0 Å². The number of ether oxygens (including phenoxy) is 1. The molecule has 0 aliphatic heterocycles. The van der Waals surface area contributed by atoms with Crippen LogP contribution in [0.25, 0.3) is 16.8 Å². The van der Waals surface area contributed by atoms with Crippen LogP contribution in [0.1, 0.15) is 5.56 Å². The lowest BCUT2D eigenvalue weighted by atomic mass is 10.1. The summed E-state index contributed by atoms with van der Waals surface area (Å²) in [5.74, 6) is 0.564. The summed E-state index contributed by atoms with van der Waals surface area (Å²) in [5.41, 5.74) is 1.67. The van der Waals surface area contributed by atoms with Crippen LogP contribution in [0.15, 0.2) is 72.8 Å². The molecule has 23 heavy (non-hydrogen) atoms. The van der Waals surface area contributed by atoms with Gasteiger partial charge >= 0.3 is 0 Å². The number of benzene rings is 3. The monoisotopic (exact) mass is 303 g/mol. The van der Waals surface area contributed by atoms with Gasteiger partial charge in [0.1, 0.15) is 5.75 Å². The van der Waals surface area contributed by atoms with Crippen molar-refractivity contribution in [2.45, 2.75) is 0 Å². The maximum absolute atomic E-state index is 12.2. The maximum Gasteiger partial charge on any atom is 0.248 e. The van der Waals surface area contributed by atoms with E-state index in [9.17, 15) is 4.79 Å². The average Bonchev–Trinajstić information content (AvgIpc) is 2.60. The van der Waals surface area contributed by atoms with E-state index in [-0.39, 0.29) is 5.91 Å². The minimum atomic E-state index is -0.174.